The number of carbonyl (C=O) groups is 1. The van der Waals surface area contributed by atoms with Crippen molar-refractivity contribution < 1.29 is 14.3 Å². The number of anilines is 1. The van der Waals surface area contributed by atoms with Crippen molar-refractivity contribution in [2.75, 3.05) is 24.7 Å². The van der Waals surface area contributed by atoms with Gasteiger partial charge in [0, 0.05) is 17.3 Å². The number of ether oxygens (including phenoxy) is 2. The van der Waals surface area contributed by atoms with E-state index in [1.165, 1.54) is 0 Å². The van der Waals surface area contributed by atoms with Gasteiger partial charge in [-0.2, -0.15) is 0 Å². The maximum Gasteiger partial charge on any atom is 0.144 e. The Morgan fingerprint density at radius 3 is 2.61 bits per heavy atom. The highest BCUT2D eigenvalue weighted by Gasteiger charge is 2.29. The van der Waals surface area contributed by atoms with Crippen LogP contribution in [0.1, 0.15) is 0 Å². The minimum Gasteiger partial charge on any atom is -0.491 e. The van der Waals surface area contributed by atoms with Crippen LogP contribution in [0.3, 0.4) is 0 Å². The Morgan fingerprint density at radius 1 is 1.17 bits per heavy atom. The van der Waals surface area contributed by atoms with Gasteiger partial charge in [-0.25, -0.2) is 0 Å². The molecule has 0 spiro atoms. The van der Waals surface area contributed by atoms with E-state index in [-0.39, 0.29) is 12.1 Å². The van der Waals surface area contributed by atoms with Crippen molar-refractivity contribution in [3.8, 4) is 5.75 Å². The standard InChI is InChI=1S/C18H18ClNO3/c19-14-6-8-15(9-7-14)20-10-18(22-12-16(20)11-21)13-23-17-4-2-1-3-5-17/h1-9,11,16,18H,10,12-13H2. The summed E-state index contributed by atoms with van der Waals surface area (Å²) < 4.78 is 11.5. The monoisotopic (exact) mass is 331 g/mol. The summed E-state index contributed by atoms with van der Waals surface area (Å²) in [5, 5.41) is 0.675. The van der Waals surface area contributed by atoms with E-state index in [4.69, 9.17) is 21.1 Å². The fourth-order valence-electron chi connectivity index (χ4n) is 2.58. The van der Waals surface area contributed by atoms with Gasteiger partial charge >= 0.3 is 0 Å². The molecule has 4 nitrogen and oxygen atoms in total. The molecule has 0 amide bonds. The number of para-hydroxylation sites is 1. The second-order valence-electron chi connectivity index (χ2n) is 5.41. The Bertz CT molecular complexity index is 632. The van der Waals surface area contributed by atoms with Crippen LogP contribution in [0.15, 0.2) is 54.6 Å². The van der Waals surface area contributed by atoms with Crippen molar-refractivity contribution in [1.82, 2.24) is 0 Å². The Labute approximate surface area is 140 Å². The van der Waals surface area contributed by atoms with Crippen LogP contribution in [0.2, 0.25) is 5.02 Å². The Kier molecular flexibility index (Phi) is 5.16. The lowest BCUT2D eigenvalue weighted by Gasteiger charge is -2.38. The molecule has 120 valence electrons. The molecule has 0 bridgehead atoms. The van der Waals surface area contributed by atoms with E-state index in [9.17, 15) is 4.79 Å². The minimum absolute atomic E-state index is 0.0953. The zero-order chi connectivity index (χ0) is 16.1. The first-order chi connectivity index (χ1) is 11.3. The largest absolute Gasteiger partial charge is 0.491 e. The molecule has 0 radical (unpaired) electrons. The number of morpholine rings is 1. The lowest BCUT2D eigenvalue weighted by atomic mass is 10.1. The molecule has 1 aliphatic heterocycles. The van der Waals surface area contributed by atoms with Gasteiger partial charge in [0.05, 0.1) is 6.61 Å². The third-order valence-corrected chi connectivity index (χ3v) is 4.05. The zero-order valence-electron chi connectivity index (χ0n) is 12.6. The van der Waals surface area contributed by atoms with Crippen molar-refractivity contribution in [3.05, 3.63) is 59.6 Å². The second kappa shape index (κ2) is 7.49. The summed E-state index contributed by atoms with van der Waals surface area (Å²) in [6.07, 6.45) is 0.824. The molecule has 0 aliphatic carbocycles. The molecule has 1 saturated heterocycles. The lowest BCUT2D eigenvalue weighted by Crippen LogP contribution is -2.52. The fraction of sp³-hybridized carbons (Fsp3) is 0.278. The molecular weight excluding hydrogens is 314 g/mol. The maximum atomic E-state index is 11.3. The van der Waals surface area contributed by atoms with Crippen LogP contribution in [0.25, 0.3) is 0 Å². The quantitative estimate of drug-likeness (QED) is 0.789. The topological polar surface area (TPSA) is 38.8 Å². The molecule has 1 heterocycles. The maximum absolute atomic E-state index is 11.3. The molecule has 0 N–H and O–H groups in total. The number of benzene rings is 2. The second-order valence-corrected chi connectivity index (χ2v) is 5.85. The SMILES string of the molecule is O=CC1COC(COc2ccccc2)CN1c1ccc(Cl)cc1. The van der Waals surface area contributed by atoms with Gasteiger partial charge < -0.3 is 19.2 Å². The van der Waals surface area contributed by atoms with Crippen LogP contribution in [0.5, 0.6) is 5.75 Å². The summed E-state index contributed by atoms with van der Waals surface area (Å²) in [4.78, 5) is 13.4. The molecule has 23 heavy (non-hydrogen) atoms. The minimum atomic E-state index is -0.288. The highest BCUT2D eigenvalue weighted by Crippen LogP contribution is 2.23. The van der Waals surface area contributed by atoms with Crippen molar-refractivity contribution >= 4 is 23.6 Å². The third kappa shape index (κ3) is 4.03. The van der Waals surface area contributed by atoms with E-state index < -0.39 is 0 Å². The number of aldehydes is 1. The summed E-state index contributed by atoms with van der Waals surface area (Å²) in [7, 11) is 0. The molecule has 3 rings (SSSR count). The normalized spacial score (nSPS) is 21.0. The van der Waals surface area contributed by atoms with Gasteiger partial charge in [0.25, 0.3) is 0 Å². The Hall–Kier alpha value is -2.04. The summed E-state index contributed by atoms with van der Waals surface area (Å²) in [5.74, 6) is 0.812. The van der Waals surface area contributed by atoms with E-state index in [1.807, 2.05) is 59.5 Å². The summed E-state index contributed by atoms with van der Waals surface area (Å²) in [6, 6.07) is 16.8. The van der Waals surface area contributed by atoms with Gasteiger partial charge in [-0.15, -0.1) is 0 Å². The van der Waals surface area contributed by atoms with Gasteiger partial charge in [0.15, 0.2) is 0 Å². The van der Waals surface area contributed by atoms with Crippen LogP contribution < -0.4 is 9.64 Å². The molecule has 2 unspecified atom stereocenters. The molecule has 1 aliphatic rings. The first kappa shape index (κ1) is 15.8. The zero-order valence-corrected chi connectivity index (χ0v) is 13.4. The smallest absolute Gasteiger partial charge is 0.144 e. The van der Waals surface area contributed by atoms with E-state index >= 15 is 0 Å². The van der Waals surface area contributed by atoms with Crippen molar-refractivity contribution in [2.24, 2.45) is 0 Å². The average Bonchev–Trinajstić information content (AvgIpc) is 2.61. The van der Waals surface area contributed by atoms with Gasteiger partial charge in [-0.05, 0) is 36.4 Å². The number of halogens is 1. The highest BCUT2D eigenvalue weighted by atomic mass is 35.5. The van der Waals surface area contributed by atoms with Crippen LogP contribution in [0, 0.1) is 0 Å². The van der Waals surface area contributed by atoms with E-state index in [1.54, 1.807) is 0 Å². The van der Waals surface area contributed by atoms with Gasteiger partial charge in [-0.3, -0.25) is 0 Å². The third-order valence-electron chi connectivity index (χ3n) is 3.80. The summed E-state index contributed by atoms with van der Waals surface area (Å²) in [6.45, 7) is 1.40. The van der Waals surface area contributed by atoms with Crippen molar-refractivity contribution in [1.29, 1.82) is 0 Å². The lowest BCUT2D eigenvalue weighted by molar-refractivity contribution is -0.112. The fourth-order valence-corrected chi connectivity index (χ4v) is 2.71. The van der Waals surface area contributed by atoms with E-state index in [0.717, 1.165) is 17.7 Å². The number of nitrogens with zero attached hydrogens (tertiary/aromatic N) is 1. The summed E-state index contributed by atoms with van der Waals surface area (Å²) in [5.41, 5.74) is 0.958. The van der Waals surface area contributed by atoms with Crippen molar-refractivity contribution in [2.45, 2.75) is 12.1 Å². The highest BCUT2D eigenvalue weighted by molar-refractivity contribution is 6.30. The van der Waals surface area contributed by atoms with Crippen LogP contribution in [-0.2, 0) is 9.53 Å². The molecular formula is C18H18ClNO3. The van der Waals surface area contributed by atoms with E-state index in [0.29, 0.717) is 24.8 Å². The summed E-state index contributed by atoms with van der Waals surface area (Å²) >= 11 is 5.93. The van der Waals surface area contributed by atoms with Gasteiger partial charge in [0.1, 0.15) is 30.8 Å². The molecule has 2 aromatic carbocycles. The van der Waals surface area contributed by atoms with Crippen molar-refractivity contribution in [3.63, 3.8) is 0 Å². The van der Waals surface area contributed by atoms with Gasteiger partial charge in [0.2, 0.25) is 0 Å². The Morgan fingerprint density at radius 2 is 1.91 bits per heavy atom. The average molecular weight is 332 g/mol. The van der Waals surface area contributed by atoms with E-state index in [2.05, 4.69) is 0 Å². The molecule has 2 atom stereocenters. The van der Waals surface area contributed by atoms with Crippen LogP contribution in [-0.4, -0.2) is 38.2 Å². The molecule has 0 aromatic heterocycles. The predicted octanol–water partition coefficient (Wildman–Crippen LogP) is 3.19. The molecule has 2 aromatic rings. The molecule has 0 saturated carbocycles. The number of rotatable bonds is 5. The number of hydrogen-bond donors (Lipinski definition) is 0. The first-order valence-electron chi connectivity index (χ1n) is 7.53. The number of carbonyl (C=O) groups excluding carboxylic acids is 1. The Balaban J connectivity index is 1.66. The van der Waals surface area contributed by atoms with Gasteiger partial charge in [-0.1, -0.05) is 29.8 Å². The molecule has 5 heteroatoms. The number of hydrogen-bond acceptors (Lipinski definition) is 4. The first-order valence-corrected chi connectivity index (χ1v) is 7.91. The predicted molar refractivity (Wildman–Crippen MR) is 90.3 cm³/mol. The van der Waals surface area contributed by atoms with Crippen LogP contribution in [0.4, 0.5) is 5.69 Å². The van der Waals surface area contributed by atoms with Crippen LogP contribution >= 0.6 is 11.6 Å². The molecule has 1 fully saturated rings.